The van der Waals surface area contributed by atoms with Crippen molar-refractivity contribution in [3.63, 3.8) is 0 Å². The smallest absolute Gasteiger partial charge is 0.248 e. The minimum Gasteiger partial charge on any atom is -0.496 e. The third-order valence-corrected chi connectivity index (χ3v) is 3.95. The van der Waals surface area contributed by atoms with E-state index in [2.05, 4.69) is 21.1 Å². The van der Waals surface area contributed by atoms with Crippen molar-refractivity contribution in [2.45, 2.75) is 19.8 Å². The normalized spacial score (nSPS) is 16.2. The summed E-state index contributed by atoms with van der Waals surface area (Å²) in [7, 11) is 4.58. The summed E-state index contributed by atoms with van der Waals surface area (Å²) in [5, 5.41) is 7.78. The predicted octanol–water partition coefficient (Wildman–Crippen LogP) is 1.06. The van der Waals surface area contributed by atoms with E-state index < -0.39 is 0 Å². The number of ether oxygens (including phenoxy) is 3. The van der Waals surface area contributed by atoms with Gasteiger partial charge in [0.05, 0.1) is 33.5 Å². The van der Waals surface area contributed by atoms with Gasteiger partial charge in [0.25, 0.3) is 0 Å². The van der Waals surface area contributed by atoms with Gasteiger partial charge in [-0.05, 0) is 19.4 Å². The number of benzene rings is 1. The molecule has 1 heterocycles. The molecule has 26 heavy (non-hydrogen) atoms. The molecule has 0 aliphatic carbocycles. The van der Waals surface area contributed by atoms with Gasteiger partial charge in [0, 0.05) is 23.8 Å². The molecule has 2 amide bonds. The third kappa shape index (κ3) is 4.50. The van der Waals surface area contributed by atoms with Gasteiger partial charge in [0.2, 0.25) is 11.8 Å². The number of amides is 2. The summed E-state index contributed by atoms with van der Waals surface area (Å²) in [6, 6.07) is 3.36. The lowest BCUT2D eigenvalue weighted by Gasteiger charge is -2.11. The fourth-order valence-corrected chi connectivity index (χ4v) is 2.49. The van der Waals surface area contributed by atoms with Gasteiger partial charge in [-0.3, -0.25) is 9.59 Å². The van der Waals surface area contributed by atoms with E-state index in [1.165, 1.54) is 27.5 Å². The number of carbonyl (C=O) groups is 2. The Kier molecular flexibility index (Phi) is 6.54. The molecule has 1 unspecified atom stereocenters. The number of carbonyl (C=O) groups excluding carboxylic acids is 2. The zero-order valence-corrected chi connectivity index (χ0v) is 15.2. The van der Waals surface area contributed by atoms with E-state index in [1.54, 1.807) is 19.1 Å². The van der Waals surface area contributed by atoms with Crippen LogP contribution in [-0.2, 0) is 9.59 Å². The summed E-state index contributed by atoms with van der Waals surface area (Å²) in [5.41, 5.74) is 6.12. The van der Waals surface area contributed by atoms with Gasteiger partial charge >= 0.3 is 0 Å². The van der Waals surface area contributed by atoms with E-state index in [1.807, 2.05) is 0 Å². The van der Waals surface area contributed by atoms with Crippen LogP contribution in [0.15, 0.2) is 22.3 Å². The molecule has 1 atom stereocenters. The van der Waals surface area contributed by atoms with Gasteiger partial charge in [-0.25, -0.2) is 10.9 Å². The second-order valence-electron chi connectivity index (χ2n) is 5.56. The van der Waals surface area contributed by atoms with E-state index in [0.717, 1.165) is 0 Å². The second kappa shape index (κ2) is 8.84. The molecule has 9 heteroatoms. The van der Waals surface area contributed by atoms with Crippen LogP contribution in [0.5, 0.6) is 17.2 Å². The highest BCUT2D eigenvalue weighted by Crippen LogP contribution is 2.33. The van der Waals surface area contributed by atoms with Crippen molar-refractivity contribution < 1.29 is 23.8 Å². The SMILES string of the molecule is COc1cc(OC)c(OC)cc1/C=N/NC(=O)CCC1C(=O)NN=C1C. The van der Waals surface area contributed by atoms with Crippen LogP contribution in [0.3, 0.4) is 0 Å². The van der Waals surface area contributed by atoms with E-state index in [4.69, 9.17) is 14.2 Å². The largest absolute Gasteiger partial charge is 0.496 e. The first-order valence-corrected chi connectivity index (χ1v) is 7.96. The van der Waals surface area contributed by atoms with Crippen molar-refractivity contribution in [3.8, 4) is 17.2 Å². The number of rotatable bonds is 8. The first kappa shape index (κ1) is 19.2. The monoisotopic (exact) mass is 362 g/mol. The average Bonchev–Trinajstić information content (AvgIpc) is 2.97. The van der Waals surface area contributed by atoms with Crippen LogP contribution in [0.4, 0.5) is 0 Å². The molecule has 0 saturated carbocycles. The first-order valence-electron chi connectivity index (χ1n) is 7.96. The Morgan fingerprint density at radius 3 is 2.46 bits per heavy atom. The van der Waals surface area contributed by atoms with Crippen molar-refractivity contribution in [2.75, 3.05) is 21.3 Å². The van der Waals surface area contributed by atoms with Gasteiger partial charge in [0.1, 0.15) is 5.75 Å². The fraction of sp³-hybridized carbons (Fsp3) is 0.412. The minimum atomic E-state index is -0.365. The Hall–Kier alpha value is -3.10. The lowest BCUT2D eigenvalue weighted by molar-refractivity contribution is -0.123. The molecular formula is C17H22N4O5. The quantitative estimate of drug-likeness (QED) is 0.531. The van der Waals surface area contributed by atoms with E-state index in [-0.39, 0.29) is 24.2 Å². The Balaban J connectivity index is 1.96. The number of hydrogen-bond acceptors (Lipinski definition) is 7. The molecule has 1 aliphatic rings. The van der Waals surface area contributed by atoms with Crippen molar-refractivity contribution in [1.29, 1.82) is 0 Å². The molecule has 2 N–H and O–H groups in total. The Bertz CT molecular complexity index is 745. The van der Waals surface area contributed by atoms with Gasteiger partial charge in [-0.15, -0.1) is 0 Å². The topological polar surface area (TPSA) is 111 Å². The van der Waals surface area contributed by atoms with Crippen molar-refractivity contribution in [2.24, 2.45) is 16.1 Å². The second-order valence-corrected chi connectivity index (χ2v) is 5.56. The molecule has 0 spiro atoms. The van der Waals surface area contributed by atoms with E-state index in [0.29, 0.717) is 34.9 Å². The summed E-state index contributed by atoms with van der Waals surface area (Å²) in [6.07, 6.45) is 1.99. The minimum absolute atomic E-state index is 0.158. The van der Waals surface area contributed by atoms with Crippen LogP contribution < -0.4 is 25.1 Å². The number of hydrazone groups is 2. The number of methoxy groups -OCH3 is 3. The highest BCUT2D eigenvalue weighted by Gasteiger charge is 2.26. The highest BCUT2D eigenvalue weighted by molar-refractivity contribution is 6.07. The Morgan fingerprint density at radius 1 is 1.23 bits per heavy atom. The molecular weight excluding hydrogens is 340 g/mol. The van der Waals surface area contributed by atoms with Gasteiger partial charge < -0.3 is 14.2 Å². The molecule has 0 fully saturated rings. The summed E-state index contributed by atoms with van der Waals surface area (Å²) in [6.45, 7) is 1.75. The Labute approximate surface area is 151 Å². The summed E-state index contributed by atoms with van der Waals surface area (Å²) in [4.78, 5) is 23.5. The number of hydrogen-bond donors (Lipinski definition) is 2. The molecule has 0 saturated heterocycles. The fourth-order valence-electron chi connectivity index (χ4n) is 2.49. The van der Waals surface area contributed by atoms with Crippen LogP contribution in [0.25, 0.3) is 0 Å². The van der Waals surface area contributed by atoms with Crippen LogP contribution in [0, 0.1) is 5.92 Å². The molecule has 140 valence electrons. The lowest BCUT2D eigenvalue weighted by atomic mass is 9.99. The molecule has 0 bridgehead atoms. The van der Waals surface area contributed by atoms with E-state index in [9.17, 15) is 9.59 Å². The molecule has 0 radical (unpaired) electrons. The maximum atomic E-state index is 11.9. The summed E-state index contributed by atoms with van der Waals surface area (Å²) in [5.74, 6) is 0.716. The van der Waals surface area contributed by atoms with Gasteiger partial charge in [-0.2, -0.15) is 10.2 Å². The van der Waals surface area contributed by atoms with Crippen molar-refractivity contribution >= 4 is 23.7 Å². The zero-order valence-electron chi connectivity index (χ0n) is 15.2. The maximum Gasteiger partial charge on any atom is 0.248 e. The van der Waals surface area contributed by atoms with Crippen LogP contribution in [-0.4, -0.2) is 45.1 Å². The summed E-state index contributed by atoms with van der Waals surface area (Å²) >= 11 is 0. The first-order chi connectivity index (χ1) is 12.5. The molecule has 0 aromatic heterocycles. The van der Waals surface area contributed by atoms with Crippen LogP contribution >= 0.6 is 0 Å². The van der Waals surface area contributed by atoms with E-state index >= 15 is 0 Å². The predicted molar refractivity (Wildman–Crippen MR) is 95.8 cm³/mol. The zero-order chi connectivity index (χ0) is 19.1. The van der Waals surface area contributed by atoms with Gasteiger partial charge in [-0.1, -0.05) is 0 Å². The lowest BCUT2D eigenvalue weighted by Crippen LogP contribution is -2.25. The van der Waals surface area contributed by atoms with Gasteiger partial charge in [0.15, 0.2) is 11.5 Å². The summed E-state index contributed by atoms with van der Waals surface area (Å²) < 4.78 is 15.7. The Morgan fingerprint density at radius 2 is 1.88 bits per heavy atom. The molecule has 1 aromatic carbocycles. The molecule has 2 rings (SSSR count). The maximum absolute atomic E-state index is 11.9. The number of nitrogens with one attached hydrogen (secondary N) is 2. The highest BCUT2D eigenvalue weighted by atomic mass is 16.5. The van der Waals surface area contributed by atoms with Crippen molar-refractivity contribution in [1.82, 2.24) is 10.9 Å². The molecule has 1 aliphatic heterocycles. The number of nitrogens with zero attached hydrogens (tertiary/aromatic N) is 2. The van der Waals surface area contributed by atoms with Crippen LogP contribution in [0.1, 0.15) is 25.3 Å². The molecule has 9 nitrogen and oxygen atoms in total. The average molecular weight is 362 g/mol. The van der Waals surface area contributed by atoms with Crippen molar-refractivity contribution in [3.05, 3.63) is 17.7 Å². The van der Waals surface area contributed by atoms with Crippen LogP contribution in [0.2, 0.25) is 0 Å². The molecule has 1 aromatic rings. The third-order valence-electron chi connectivity index (χ3n) is 3.95. The standard InChI is InChI=1S/C17H22N4O5/c1-10-12(17(23)21-19-10)5-6-16(22)20-18-9-11-7-14(25-3)15(26-4)8-13(11)24-2/h7-9,12H,5-6H2,1-4H3,(H,20,22)(H,21,23)/b18-9+.